The number of para-hydroxylation sites is 1. The molecule has 2 aromatic rings. The Hall–Kier alpha value is -2.88. The van der Waals surface area contributed by atoms with E-state index in [1.807, 2.05) is 49.4 Å². The Morgan fingerprint density at radius 2 is 1.55 bits per heavy atom. The molecule has 0 aromatic heterocycles. The molecule has 0 unspecified atom stereocenters. The van der Waals surface area contributed by atoms with Gasteiger partial charge in [-0.15, -0.1) is 0 Å². The van der Waals surface area contributed by atoms with E-state index in [0.29, 0.717) is 12.2 Å². The number of carbonyl (C=O) groups is 2. The highest BCUT2D eigenvalue weighted by molar-refractivity contribution is 6.03. The monoisotopic (exact) mass is 294 g/mol. The molecule has 4 nitrogen and oxygen atoms in total. The van der Waals surface area contributed by atoms with Crippen LogP contribution in [0.5, 0.6) is 0 Å². The summed E-state index contributed by atoms with van der Waals surface area (Å²) in [6.07, 6.45) is 2.45. The number of hydrogen-bond acceptors (Lipinski definition) is 2. The van der Waals surface area contributed by atoms with Crippen molar-refractivity contribution in [3.63, 3.8) is 0 Å². The minimum Gasteiger partial charge on any atom is -0.348 e. The minimum atomic E-state index is -0.336. The number of nitrogens with one attached hydrogen (secondary N) is 2. The number of hydrogen-bond donors (Lipinski definition) is 2. The summed E-state index contributed by atoms with van der Waals surface area (Å²) < 4.78 is 0. The lowest BCUT2D eigenvalue weighted by atomic mass is 10.1. The number of benzene rings is 2. The summed E-state index contributed by atoms with van der Waals surface area (Å²) in [5, 5.41) is 5.40. The maximum absolute atomic E-state index is 11.7. The van der Waals surface area contributed by atoms with Crippen LogP contribution in [0, 0.1) is 6.92 Å². The Morgan fingerprint density at radius 3 is 2.23 bits per heavy atom. The van der Waals surface area contributed by atoms with E-state index in [4.69, 9.17) is 0 Å². The summed E-state index contributed by atoms with van der Waals surface area (Å²) in [6.45, 7) is 2.44. The van der Waals surface area contributed by atoms with Crippen LogP contribution in [0.15, 0.2) is 66.7 Å². The molecule has 0 atom stereocenters. The molecule has 0 saturated heterocycles. The third-order valence-electron chi connectivity index (χ3n) is 3.01. The molecule has 0 aliphatic carbocycles. The Labute approximate surface area is 129 Å². The van der Waals surface area contributed by atoms with Gasteiger partial charge in [-0.1, -0.05) is 48.0 Å². The zero-order chi connectivity index (χ0) is 15.8. The molecule has 2 N–H and O–H groups in total. The first-order valence-electron chi connectivity index (χ1n) is 7.01. The van der Waals surface area contributed by atoms with E-state index in [1.165, 1.54) is 17.7 Å². The molecule has 2 amide bonds. The Bertz CT molecular complexity index is 661. The topological polar surface area (TPSA) is 58.2 Å². The van der Waals surface area contributed by atoms with Crippen LogP contribution in [0.1, 0.15) is 11.1 Å². The number of rotatable bonds is 5. The smallest absolute Gasteiger partial charge is 0.248 e. The molecule has 0 radical (unpaired) electrons. The van der Waals surface area contributed by atoms with Crippen molar-refractivity contribution in [2.24, 2.45) is 0 Å². The van der Waals surface area contributed by atoms with E-state index in [-0.39, 0.29) is 11.8 Å². The zero-order valence-electron chi connectivity index (χ0n) is 12.4. The lowest BCUT2D eigenvalue weighted by Crippen LogP contribution is -2.21. The highest BCUT2D eigenvalue weighted by Gasteiger charge is 2.00. The first kappa shape index (κ1) is 15.5. The largest absolute Gasteiger partial charge is 0.348 e. The van der Waals surface area contributed by atoms with Crippen molar-refractivity contribution >= 4 is 17.5 Å². The van der Waals surface area contributed by atoms with Crippen LogP contribution in [0.4, 0.5) is 5.69 Å². The van der Waals surface area contributed by atoms with Crippen LogP contribution in [0.25, 0.3) is 0 Å². The fourth-order valence-electron chi connectivity index (χ4n) is 1.81. The van der Waals surface area contributed by atoms with E-state index in [9.17, 15) is 9.59 Å². The summed E-state index contributed by atoms with van der Waals surface area (Å²) in [4.78, 5) is 23.3. The first-order valence-corrected chi connectivity index (χ1v) is 7.01. The fraction of sp³-hybridized carbons (Fsp3) is 0.111. The first-order chi connectivity index (χ1) is 10.6. The minimum absolute atomic E-state index is 0.302. The second kappa shape index (κ2) is 7.78. The molecule has 0 aliphatic rings. The average Bonchev–Trinajstić information content (AvgIpc) is 2.53. The summed E-state index contributed by atoms with van der Waals surface area (Å²) in [7, 11) is 0. The Balaban J connectivity index is 1.78. The Morgan fingerprint density at radius 1 is 0.909 bits per heavy atom. The van der Waals surface area contributed by atoms with Gasteiger partial charge < -0.3 is 10.6 Å². The van der Waals surface area contributed by atoms with Crippen molar-refractivity contribution in [2.75, 3.05) is 5.32 Å². The van der Waals surface area contributed by atoms with E-state index in [2.05, 4.69) is 10.6 Å². The molecular weight excluding hydrogens is 276 g/mol. The molecule has 2 aromatic carbocycles. The van der Waals surface area contributed by atoms with Crippen LogP contribution in [-0.4, -0.2) is 11.8 Å². The number of carbonyl (C=O) groups excluding carboxylic acids is 2. The molecule has 0 spiro atoms. The molecule has 0 heterocycles. The van der Waals surface area contributed by atoms with Gasteiger partial charge in [0.2, 0.25) is 11.8 Å². The van der Waals surface area contributed by atoms with Crippen molar-refractivity contribution in [1.29, 1.82) is 0 Å². The van der Waals surface area contributed by atoms with Crippen molar-refractivity contribution in [3.8, 4) is 0 Å². The van der Waals surface area contributed by atoms with Crippen molar-refractivity contribution in [3.05, 3.63) is 77.9 Å². The molecule has 4 heteroatoms. The molecule has 2 rings (SSSR count). The van der Waals surface area contributed by atoms with E-state index >= 15 is 0 Å². The third kappa shape index (κ3) is 5.25. The number of aryl methyl sites for hydroxylation is 1. The highest BCUT2D eigenvalue weighted by Crippen LogP contribution is 2.04. The normalized spacial score (nSPS) is 10.4. The molecule has 112 valence electrons. The van der Waals surface area contributed by atoms with Crippen LogP contribution in [0.3, 0.4) is 0 Å². The third-order valence-corrected chi connectivity index (χ3v) is 3.01. The second-order valence-corrected chi connectivity index (χ2v) is 4.89. The van der Waals surface area contributed by atoms with Crippen molar-refractivity contribution in [1.82, 2.24) is 5.32 Å². The van der Waals surface area contributed by atoms with Gasteiger partial charge in [-0.3, -0.25) is 9.59 Å². The molecular formula is C18H18N2O2. The number of anilines is 1. The van der Waals surface area contributed by atoms with Crippen LogP contribution >= 0.6 is 0 Å². The van der Waals surface area contributed by atoms with Gasteiger partial charge in [0.15, 0.2) is 0 Å². The molecule has 0 fully saturated rings. The van der Waals surface area contributed by atoms with Crippen LogP contribution in [-0.2, 0) is 16.1 Å². The van der Waals surface area contributed by atoms with Gasteiger partial charge in [-0.2, -0.15) is 0 Å². The van der Waals surface area contributed by atoms with Gasteiger partial charge in [-0.05, 0) is 24.6 Å². The number of amides is 2. The summed E-state index contributed by atoms with van der Waals surface area (Å²) in [5.41, 5.74) is 2.88. The van der Waals surface area contributed by atoms with Crippen molar-refractivity contribution < 1.29 is 9.59 Å². The molecule has 22 heavy (non-hydrogen) atoms. The second-order valence-electron chi connectivity index (χ2n) is 4.89. The van der Waals surface area contributed by atoms with Gasteiger partial charge >= 0.3 is 0 Å². The van der Waals surface area contributed by atoms with Gasteiger partial charge in [-0.25, -0.2) is 0 Å². The average molecular weight is 294 g/mol. The van der Waals surface area contributed by atoms with E-state index in [0.717, 1.165) is 5.56 Å². The van der Waals surface area contributed by atoms with Crippen LogP contribution < -0.4 is 10.6 Å². The quantitative estimate of drug-likeness (QED) is 0.833. The van der Waals surface area contributed by atoms with E-state index < -0.39 is 0 Å². The standard InChI is InChI=1S/C18H18N2O2/c1-14-7-9-15(10-8-14)13-19-17(21)11-12-18(22)20-16-5-3-2-4-6-16/h2-12H,13H2,1H3,(H,19,21)(H,20,22)/b12-11+. The Kier molecular flexibility index (Phi) is 5.49. The molecule has 0 bridgehead atoms. The summed E-state index contributed by atoms with van der Waals surface area (Å²) >= 11 is 0. The zero-order valence-corrected chi connectivity index (χ0v) is 12.4. The van der Waals surface area contributed by atoms with E-state index in [1.54, 1.807) is 12.1 Å². The lowest BCUT2D eigenvalue weighted by molar-refractivity contribution is -0.117. The van der Waals surface area contributed by atoms with Crippen molar-refractivity contribution in [2.45, 2.75) is 13.5 Å². The lowest BCUT2D eigenvalue weighted by Gasteiger charge is -2.03. The van der Waals surface area contributed by atoms with Gasteiger partial charge in [0.1, 0.15) is 0 Å². The fourth-order valence-corrected chi connectivity index (χ4v) is 1.81. The van der Waals surface area contributed by atoms with Gasteiger partial charge in [0.05, 0.1) is 0 Å². The maximum atomic E-state index is 11.7. The molecule has 0 aliphatic heterocycles. The van der Waals surface area contributed by atoms with Crippen LogP contribution in [0.2, 0.25) is 0 Å². The van der Waals surface area contributed by atoms with Gasteiger partial charge in [0, 0.05) is 24.4 Å². The summed E-state index contributed by atoms with van der Waals surface area (Å²) in [5.74, 6) is -0.638. The predicted octanol–water partition coefficient (Wildman–Crippen LogP) is 2.81. The molecule has 0 saturated carbocycles. The highest BCUT2D eigenvalue weighted by atomic mass is 16.2. The van der Waals surface area contributed by atoms with Gasteiger partial charge in [0.25, 0.3) is 0 Å². The SMILES string of the molecule is Cc1ccc(CNC(=O)/C=C/C(=O)Nc2ccccc2)cc1. The maximum Gasteiger partial charge on any atom is 0.248 e. The predicted molar refractivity (Wildman–Crippen MR) is 87.2 cm³/mol. The summed E-state index contributed by atoms with van der Waals surface area (Å²) in [6, 6.07) is 17.0.